The number of ether oxygens (including phenoxy) is 2. The second-order valence-corrected chi connectivity index (χ2v) is 13.9. The number of para-hydroxylation sites is 2. The Kier molecular flexibility index (Phi) is 6.57. The molecule has 0 N–H and O–H groups in total. The first-order valence-corrected chi connectivity index (χ1v) is 15.6. The minimum absolute atomic E-state index is 0.0308. The smallest absolute Gasteiger partial charge is 0.231 e. The van der Waals surface area contributed by atoms with E-state index in [1.54, 1.807) is 0 Å². The van der Waals surface area contributed by atoms with Gasteiger partial charge in [0.25, 0.3) is 0 Å². The van der Waals surface area contributed by atoms with E-state index in [1.165, 1.54) is 36.8 Å². The van der Waals surface area contributed by atoms with Crippen LogP contribution in [0.15, 0.2) is 42.5 Å². The summed E-state index contributed by atoms with van der Waals surface area (Å²) >= 11 is 0. The minimum Gasteiger partial charge on any atom is -0.454 e. The molecule has 3 aromatic rings. The molecule has 2 aromatic carbocycles. The van der Waals surface area contributed by atoms with E-state index < -0.39 is 0 Å². The zero-order valence-electron chi connectivity index (χ0n) is 25.1. The molecule has 0 aliphatic carbocycles. The van der Waals surface area contributed by atoms with Gasteiger partial charge in [0, 0.05) is 42.0 Å². The molecule has 1 aromatic heterocycles. The summed E-state index contributed by atoms with van der Waals surface area (Å²) < 4.78 is 14.0. The average Bonchev–Trinajstić information content (AvgIpc) is 3.63. The van der Waals surface area contributed by atoms with Gasteiger partial charge in [0.15, 0.2) is 11.5 Å². The number of benzene rings is 2. The number of carbonyl (C=O) groups is 1. The van der Waals surface area contributed by atoms with Crippen LogP contribution in [0.2, 0.25) is 0 Å². The van der Waals surface area contributed by atoms with Crippen LogP contribution in [0.3, 0.4) is 0 Å². The Labute approximate surface area is 243 Å². The van der Waals surface area contributed by atoms with Gasteiger partial charge in [-0.2, -0.15) is 0 Å². The predicted molar refractivity (Wildman–Crippen MR) is 160 cm³/mol. The molecule has 3 fully saturated rings. The summed E-state index contributed by atoms with van der Waals surface area (Å²) in [6, 6.07) is 16.9. The highest BCUT2D eigenvalue weighted by molar-refractivity contribution is 5.81. The SMILES string of the molecule is Cc1nc2ccccc2n1C1C[C@H]2CC[C@@H](C1)N2CCC1(c2ccc3c(c2)OCO3)CCN(C(=O)C(C)(C)C)CC1. The van der Waals surface area contributed by atoms with Crippen LogP contribution in [0.5, 0.6) is 11.5 Å². The summed E-state index contributed by atoms with van der Waals surface area (Å²) in [6.45, 7) is 11.3. The lowest BCUT2D eigenvalue weighted by atomic mass is 9.69. The fourth-order valence-corrected chi connectivity index (χ4v) is 8.31. The molecular weight excluding hydrogens is 512 g/mol. The number of likely N-dealkylation sites (tertiary alicyclic amines) is 1. The van der Waals surface area contributed by atoms with Gasteiger partial charge in [-0.15, -0.1) is 0 Å². The van der Waals surface area contributed by atoms with E-state index in [9.17, 15) is 4.79 Å². The van der Waals surface area contributed by atoms with Crippen LogP contribution in [0.25, 0.3) is 11.0 Å². The highest BCUT2D eigenvalue weighted by Crippen LogP contribution is 2.47. The Balaban J connectivity index is 1.10. The lowest BCUT2D eigenvalue weighted by molar-refractivity contribution is -0.141. The number of nitrogens with zero attached hydrogens (tertiary/aromatic N) is 4. The van der Waals surface area contributed by atoms with Crippen molar-refractivity contribution in [2.75, 3.05) is 26.4 Å². The molecule has 7 heteroatoms. The maximum Gasteiger partial charge on any atom is 0.231 e. The second kappa shape index (κ2) is 10.0. The number of imidazole rings is 1. The predicted octanol–water partition coefficient (Wildman–Crippen LogP) is 6.24. The lowest BCUT2D eigenvalue weighted by Crippen LogP contribution is -2.50. The third kappa shape index (κ3) is 4.70. The zero-order valence-corrected chi connectivity index (χ0v) is 25.1. The molecule has 3 atom stereocenters. The van der Waals surface area contributed by atoms with Crippen molar-refractivity contribution >= 4 is 16.9 Å². The van der Waals surface area contributed by atoms with Crippen molar-refractivity contribution in [1.82, 2.24) is 19.4 Å². The molecule has 7 nitrogen and oxygen atoms in total. The quantitative estimate of drug-likeness (QED) is 0.373. The monoisotopic (exact) mass is 556 g/mol. The molecule has 5 heterocycles. The second-order valence-electron chi connectivity index (χ2n) is 13.9. The Morgan fingerprint density at radius 3 is 2.41 bits per heavy atom. The van der Waals surface area contributed by atoms with E-state index in [-0.39, 0.29) is 16.7 Å². The summed E-state index contributed by atoms with van der Waals surface area (Å²) in [7, 11) is 0. The Morgan fingerprint density at radius 2 is 1.68 bits per heavy atom. The highest BCUT2D eigenvalue weighted by Gasteiger charge is 2.45. The van der Waals surface area contributed by atoms with E-state index in [1.807, 2.05) is 20.8 Å². The van der Waals surface area contributed by atoms with Crippen LogP contribution in [0.4, 0.5) is 0 Å². The van der Waals surface area contributed by atoms with Gasteiger partial charge < -0.3 is 18.9 Å². The molecule has 3 saturated heterocycles. The number of aryl methyl sites for hydroxylation is 1. The van der Waals surface area contributed by atoms with Gasteiger partial charge in [-0.05, 0) is 88.2 Å². The third-order valence-electron chi connectivity index (χ3n) is 10.5. The molecule has 7 rings (SSSR count). The van der Waals surface area contributed by atoms with E-state index in [4.69, 9.17) is 14.5 Å². The largest absolute Gasteiger partial charge is 0.454 e. The number of carbonyl (C=O) groups excluding carboxylic acids is 1. The molecule has 4 aliphatic rings. The van der Waals surface area contributed by atoms with Crippen LogP contribution in [-0.2, 0) is 10.2 Å². The summed E-state index contributed by atoms with van der Waals surface area (Å²) in [5, 5.41) is 0. The van der Waals surface area contributed by atoms with Crippen LogP contribution < -0.4 is 9.47 Å². The van der Waals surface area contributed by atoms with Gasteiger partial charge in [0.1, 0.15) is 5.82 Å². The minimum atomic E-state index is -0.346. The maximum absolute atomic E-state index is 13.1. The summed E-state index contributed by atoms with van der Waals surface area (Å²) in [4.78, 5) is 22.9. The molecule has 0 spiro atoms. The Bertz CT molecular complexity index is 1430. The average molecular weight is 557 g/mol. The Hall–Kier alpha value is -3.06. The number of fused-ring (bicyclic) bond motifs is 4. The highest BCUT2D eigenvalue weighted by atomic mass is 16.7. The topological polar surface area (TPSA) is 59.8 Å². The van der Waals surface area contributed by atoms with Gasteiger partial charge in [0.2, 0.25) is 12.7 Å². The Morgan fingerprint density at radius 1 is 0.976 bits per heavy atom. The molecule has 1 unspecified atom stereocenters. The van der Waals surface area contributed by atoms with Crippen LogP contribution in [0.1, 0.15) is 83.1 Å². The number of amides is 1. The first-order chi connectivity index (χ1) is 19.7. The summed E-state index contributed by atoms with van der Waals surface area (Å²) in [6.07, 6.45) is 8.05. The van der Waals surface area contributed by atoms with Gasteiger partial charge in [0.05, 0.1) is 11.0 Å². The van der Waals surface area contributed by atoms with Gasteiger partial charge >= 0.3 is 0 Å². The molecule has 41 heavy (non-hydrogen) atoms. The van der Waals surface area contributed by atoms with E-state index in [0.717, 1.165) is 61.7 Å². The third-order valence-corrected chi connectivity index (χ3v) is 10.5. The van der Waals surface area contributed by atoms with Crippen molar-refractivity contribution < 1.29 is 14.3 Å². The molecule has 1 amide bonds. The van der Waals surface area contributed by atoms with Crippen LogP contribution in [-0.4, -0.2) is 63.8 Å². The fraction of sp³-hybridized carbons (Fsp3) is 0.588. The van der Waals surface area contributed by atoms with Gasteiger partial charge in [-0.25, -0.2) is 4.98 Å². The standard InChI is InChI=1S/C34H44N4O3/c1-23-35-28-7-5-6-8-29(28)38(23)27-20-25-10-11-26(21-27)37(25)18-15-34(24-9-12-30-31(19-24)41-22-40-30)13-16-36(17-14-34)32(39)33(2,3)4/h5-9,12,19,25-27H,10-11,13-18,20-22H2,1-4H3/t25-,26+,27?. The first-order valence-electron chi connectivity index (χ1n) is 15.6. The number of piperidine rings is 2. The molecule has 218 valence electrons. The fourth-order valence-electron chi connectivity index (χ4n) is 8.31. The normalized spacial score (nSPS) is 25.7. The van der Waals surface area contributed by atoms with Crippen molar-refractivity contribution in [2.45, 2.75) is 96.2 Å². The van der Waals surface area contributed by atoms with E-state index >= 15 is 0 Å². The molecule has 4 aliphatic heterocycles. The number of hydrogen-bond acceptors (Lipinski definition) is 5. The number of rotatable bonds is 5. The van der Waals surface area contributed by atoms with Gasteiger partial charge in [-0.1, -0.05) is 39.0 Å². The van der Waals surface area contributed by atoms with Crippen LogP contribution >= 0.6 is 0 Å². The van der Waals surface area contributed by atoms with Crippen molar-refractivity contribution in [3.05, 3.63) is 53.9 Å². The van der Waals surface area contributed by atoms with E-state index in [0.29, 0.717) is 24.9 Å². The molecular formula is C34H44N4O3. The lowest BCUT2D eigenvalue weighted by Gasteiger charge is -2.46. The number of hydrogen-bond donors (Lipinski definition) is 0. The summed E-state index contributed by atoms with van der Waals surface area (Å²) in [5.74, 6) is 3.10. The molecule has 0 radical (unpaired) electrons. The molecule has 2 bridgehead atoms. The van der Waals surface area contributed by atoms with Crippen molar-refractivity contribution in [2.24, 2.45) is 5.41 Å². The first kappa shape index (κ1) is 26.8. The maximum atomic E-state index is 13.1. The number of aromatic nitrogens is 2. The van der Waals surface area contributed by atoms with Gasteiger partial charge in [-0.3, -0.25) is 9.69 Å². The zero-order chi connectivity index (χ0) is 28.4. The van der Waals surface area contributed by atoms with Crippen molar-refractivity contribution in [3.8, 4) is 11.5 Å². The van der Waals surface area contributed by atoms with Crippen molar-refractivity contribution in [3.63, 3.8) is 0 Å². The van der Waals surface area contributed by atoms with E-state index in [2.05, 4.69) is 63.8 Å². The summed E-state index contributed by atoms with van der Waals surface area (Å²) in [5.41, 5.74) is 3.42. The van der Waals surface area contributed by atoms with Crippen LogP contribution in [0, 0.1) is 12.3 Å². The van der Waals surface area contributed by atoms with Crippen molar-refractivity contribution in [1.29, 1.82) is 0 Å². The molecule has 0 saturated carbocycles.